The van der Waals surface area contributed by atoms with E-state index in [2.05, 4.69) is 0 Å². The van der Waals surface area contributed by atoms with Crippen molar-refractivity contribution in [2.75, 3.05) is 10.5 Å². The normalized spacial score (nSPS) is 12.7. The first-order valence-electron chi connectivity index (χ1n) is 6.36. The average molecular weight is 428 g/mol. The Morgan fingerprint density at radius 1 is 0.808 bits per heavy atom. The number of hydrogen-bond donors (Lipinski definition) is 3. The standard InChI is InChI=1S/C12H10F2N2O7S3/c13-24(18,19)8-4-9(25(14,20)21)6-10(5-8)26(22,23)16-7-1-2-11(15)12(17)3-7/h1-6,16-17H,15H2. The lowest BCUT2D eigenvalue weighted by Crippen LogP contribution is -2.14. The highest BCUT2D eigenvalue weighted by atomic mass is 32.3. The van der Waals surface area contributed by atoms with Gasteiger partial charge >= 0.3 is 20.4 Å². The Hall–Kier alpha value is -2.45. The van der Waals surface area contributed by atoms with Gasteiger partial charge in [0.05, 0.1) is 16.3 Å². The zero-order chi connectivity index (χ0) is 19.9. The van der Waals surface area contributed by atoms with E-state index < -0.39 is 50.9 Å². The summed E-state index contributed by atoms with van der Waals surface area (Å²) in [5.41, 5.74) is 5.06. The van der Waals surface area contributed by atoms with Gasteiger partial charge in [-0.3, -0.25) is 4.72 Å². The summed E-state index contributed by atoms with van der Waals surface area (Å²) >= 11 is 0. The SMILES string of the molecule is Nc1ccc(NS(=O)(=O)c2cc(S(=O)(=O)F)cc(S(=O)(=O)F)c2)cc1O. The highest BCUT2D eigenvalue weighted by Gasteiger charge is 2.25. The first-order chi connectivity index (χ1) is 11.7. The van der Waals surface area contributed by atoms with Crippen LogP contribution in [0, 0.1) is 0 Å². The zero-order valence-corrected chi connectivity index (χ0v) is 14.9. The molecule has 0 spiro atoms. The summed E-state index contributed by atoms with van der Waals surface area (Å²) in [6.45, 7) is 0. The monoisotopic (exact) mass is 428 g/mol. The molecule has 0 amide bonds. The molecule has 0 bridgehead atoms. The van der Waals surface area contributed by atoms with Gasteiger partial charge in [-0.15, -0.1) is 7.77 Å². The van der Waals surface area contributed by atoms with Crippen LogP contribution in [-0.2, 0) is 30.5 Å². The smallest absolute Gasteiger partial charge is 0.332 e. The van der Waals surface area contributed by atoms with Crippen molar-refractivity contribution in [3.63, 3.8) is 0 Å². The molecule has 2 aromatic carbocycles. The van der Waals surface area contributed by atoms with Gasteiger partial charge < -0.3 is 10.8 Å². The molecular formula is C12H10F2N2O7S3. The van der Waals surface area contributed by atoms with E-state index in [0.717, 1.165) is 18.2 Å². The van der Waals surface area contributed by atoms with Crippen LogP contribution in [0.5, 0.6) is 5.75 Å². The number of anilines is 2. The van der Waals surface area contributed by atoms with Crippen LogP contribution in [0.25, 0.3) is 0 Å². The lowest BCUT2D eigenvalue weighted by molar-refractivity contribution is 0.478. The van der Waals surface area contributed by atoms with Crippen LogP contribution in [-0.4, -0.2) is 30.4 Å². The first-order valence-corrected chi connectivity index (χ1v) is 10.6. The maximum absolute atomic E-state index is 13.2. The fraction of sp³-hybridized carbons (Fsp3) is 0. The molecule has 142 valence electrons. The second-order valence-corrected chi connectivity index (χ2v) is 9.27. The van der Waals surface area contributed by atoms with E-state index in [0.29, 0.717) is 12.1 Å². The van der Waals surface area contributed by atoms with Gasteiger partial charge in [0, 0.05) is 6.07 Å². The van der Waals surface area contributed by atoms with Crippen molar-refractivity contribution < 1.29 is 38.1 Å². The second-order valence-electron chi connectivity index (χ2n) is 4.89. The van der Waals surface area contributed by atoms with E-state index in [1.54, 1.807) is 0 Å². The molecule has 0 aliphatic carbocycles. The van der Waals surface area contributed by atoms with Crippen molar-refractivity contribution in [3.05, 3.63) is 36.4 Å². The van der Waals surface area contributed by atoms with Gasteiger partial charge in [-0.05, 0) is 30.3 Å². The van der Waals surface area contributed by atoms with E-state index in [-0.39, 0.29) is 17.4 Å². The number of nitrogens with one attached hydrogen (secondary N) is 1. The summed E-state index contributed by atoms with van der Waals surface area (Å²) in [4.78, 5) is -3.77. The molecule has 0 aliphatic rings. The third-order valence-electron chi connectivity index (χ3n) is 3.01. The summed E-state index contributed by atoms with van der Waals surface area (Å²) < 4.78 is 96.8. The number of sulfonamides is 1. The molecule has 0 fully saturated rings. The number of benzene rings is 2. The summed E-state index contributed by atoms with van der Waals surface area (Å²) in [7, 11) is -15.7. The molecule has 0 aromatic heterocycles. The Morgan fingerprint density at radius 3 is 1.69 bits per heavy atom. The fourth-order valence-electron chi connectivity index (χ4n) is 1.80. The van der Waals surface area contributed by atoms with Gasteiger partial charge in [-0.25, -0.2) is 8.42 Å². The van der Waals surface area contributed by atoms with Gasteiger partial charge in [0.25, 0.3) is 10.0 Å². The zero-order valence-electron chi connectivity index (χ0n) is 12.4. The van der Waals surface area contributed by atoms with Crippen LogP contribution < -0.4 is 10.5 Å². The predicted octanol–water partition coefficient (Wildman–Crippen LogP) is 1.09. The van der Waals surface area contributed by atoms with Gasteiger partial charge in [0.2, 0.25) is 0 Å². The maximum Gasteiger partial charge on any atom is 0.332 e. The average Bonchev–Trinajstić information content (AvgIpc) is 2.48. The number of nitrogens with two attached hydrogens (primary N) is 1. The number of rotatable bonds is 5. The van der Waals surface area contributed by atoms with Crippen LogP contribution >= 0.6 is 0 Å². The lowest BCUT2D eigenvalue weighted by Gasteiger charge is -2.10. The molecule has 0 unspecified atom stereocenters. The Bertz CT molecular complexity index is 1140. The van der Waals surface area contributed by atoms with E-state index in [4.69, 9.17) is 5.73 Å². The lowest BCUT2D eigenvalue weighted by atomic mass is 10.3. The number of phenols is 1. The maximum atomic E-state index is 13.2. The van der Waals surface area contributed by atoms with Crippen LogP contribution in [0.15, 0.2) is 51.1 Å². The van der Waals surface area contributed by atoms with Crippen molar-refractivity contribution in [2.24, 2.45) is 0 Å². The Kier molecular flexibility index (Phi) is 4.87. The summed E-state index contributed by atoms with van der Waals surface area (Å²) in [5, 5.41) is 9.45. The molecule has 0 saturated carbocycles. The van der Waals surface area contributed by atoms with E-state index in [1.165, 1.54) is 0 Å². The van der Waals surface area contributed by atoms with Gasteiger partial charge in [-0.2, -0.15) is 16.8 Å². The minimum absolute atomic E-state index is 0.0655. The van der Waals surface area contributed by atoms with Crippen LogP contribution in [0.4, 0.5) is 19.1 Å². The molecule has 0 heterocycles. The van der Waals surface area contributed by atoms with Crippen molar-refractivity contribution in [3.8, 4) is 5.75 Å². The van der Waals surface area contributed by atoms with E-state index in [1.807, 2.05) is 4.72 Å². The third-order valence-corrected chi connectivity index (χ3v) is 5.97. The molecule has 26 heavy (non-hydrogen) atoms. The van der Waals surface area contributed by atoms with Crippen molar-refractivity contribution >= 4 is 41.8 Å². The van der Waals surface area contributed by atoms with Crippen LogP contribution in [0.1, 0.15) is 0 Å². The second kappa shape index (κ2) is 6.37. The number of hydrogen-bond acceptors (Lipinski definition) is 8. The molecule has 4 N–H and O–H groups in total. The molecule has 0 aliphatic heterocycles. The molecule has 0 atom stereocenters. The minimum atomic E-state index is -5.53. The summed E-state index contributed by atoms with van der Waals surface area (Å²) in [6.07, 6.45) is 0. The molecule has 0 saturated heterocycles. The first kappa shape index (κ1) is 19.9. The molecular weight excluding hydrogens is 418 g/mol. The van der Waals surface area contributed by atoms with Crippen LogP contribution in [0.3, 0.4) is 0 Å². The van der Waals surface area contributed by atoms with E-state index in [9.17, 15) is 38.1 Å². The van der Waals surface area contributed by atoms with Crippen LogP contribution in [0.2, 0.25) is 0 Å². The van der Waals surface area contributed by atoms with E-state index >= 15 is 0 Å². The highest BCUT2D eigenvalue weighted by molar-refractivity contribution is 7.93. The number of halogens is 2. The van der Waals surface area contributed by atoms with Crippen molar-refractivity contribution in [2.45, 2.75) is 14.7 Å². The quantitative estimate of drug-likeness (QED) is 0.362. The Balaban J connectivity index is 2.63. The van der Waals surface area contributed by atoms with Gasteiger partial charge in [0.15, 0.2) is 0 Å². The minimum Gasteiger partial charge on any atom is -0.506 e. The summed E-state index contributed by atoms with van der Waals surface area (Å²) in [6, 6.07) is 3.95. The highest BCUT2D eigenvalue weighted by Crippen LogP contribution is 2.28. The number of nitrogen functional groups attached to an aromatic ring is 1. The predicted molar refractivity (Wildman–Crippen MR) is 86.4 cm³/mol. The number of aromatic hydroxyl groups is 1. The fourth-order valence-corrected chi connectivity index (χ4v) is 4.22. The molecule has 2 rings (SSSR count). The van der Waals surface area contributed by atoms with Crippen molar-refractivity contribution in [1.82, 2.24) is 0 Å². The van der Waals surface area contributed by atoms with Gasteiger partial charge in [0.1, 0.15) is 15.5 Å². The Labute approximate surface area is 147 Å². The van der Waals surface area contributed by atoms with Gasteiger partial charge in [-0.1, -0.05) is 0 Å². The van der Waals surface area contributed by atoms with Crippen molar-refractivity contribution in [1.29, 1.82) is 0 Å². The summed E-state index contributed by atoms with van der Waals surface area (Å²) in [5.74, 6) is -0.475. The molecule has 14 heteroatoms. The third kappa shape index (κ3) is 4.39. The Morgan fingerprint density at radius 2 is 1.27 bits per heavy atom. The molecule has 2 aromatic rings. The largest absolute Gasteiger partial charge is 0.506 e. The molecule has 0 radical (unpaired) electrons. The number of phenolic OH excluding ortho intramolecular Hbond substituents is 1. The molecule has 9 nitrogen and oxygen atoms in total. The topological polar surface area (TPSA) is 161 Å².